The van der Waals surface area contributed by atoms with Crippen molar-refractivity contribution in [2.45, 2.75) is 17.2 Å². The molecule has 0 saturated heterocycles. The largest absolute Gasteiger partial charge is 0.538 e. The van der Waals surface area contributed by atoms with Gasteiger partial charge in [-0.1, -0.05) is 4.68 Å². The Kier molecular flexibility index (Phi) is 5.32. The van der Waals surface area contributed by atoms with Crippen molar-refractivity contribution in [3.8, 4) is 17.4 Å². The molecule has 1 heterocycles. The van der Waals surface area contributed by atoms with E-state index in [1.807, 2.05) is 0 Å². The highest BCUT2D eigenvalue weighted by atomic mass is 32.2. The number of carbonyl (C=O) groups excluding carboxylic acids is 1. The van der Waals surface area contributed by atoms with Crippen LogP contribution in [0.25, 0.3) is 0 Å². The Morgan fingerprint density at radius 3 is 2.74 bits per heavy atom. The van der Waals surface area contributed by atoms with Crippen LogP contribution in [0.3, 0.4) is 0 Å². The molecule has 0 aliphatic rings. The van der Waals surface area contributed by atoms with Crippen LogP contribution in [-0.4, -0.2) is 30.6 Å². The summed E-state index contributed by atoms with van der Waals surface area (Å²) in [6, 6.07) is 5.09. The maximum atomic E-state index is 12.3. The van der Waals surface area contributed by atoms with Crippen molar-refractivity contribution in [3.05, 3.63) is 18.2 Å². The highest BCUT2D eigenvalue weighted by Crippen LogP contribution is 2.31. The lowest BCUT2D eigenvalue weighted by Crippen LogP contribution is -2.33. The van der Waals surface area contributed by atoms with Gasteiger partial charge in [-0.3, -0.25) is 4.79 Å². The molecule has 0 spiro atoms. The van der Waals surface area contributed by atoms with Gasteiger partial charge in [0.15, 0.2) is 13.0 Å². The molecule has 9 heteroatoms. The van der Waals surface area contributed by atoms with Crippen LogP contribution >= 0.6 is 11.8 Å². The van der Waals surface area contributed by atoms with Gasteiger partial charge in [0.1, 0.15) is 11.5 Å². The summed E-state index contributed by atoms with van der Waals surface area (Å²) in [5, 5.41) is 17.5. The molecule has 23 heavy (non-hydrogen) atoms. The number of carbonyl (C=O) groups is 1. The lowest BCUT2D eigenvalue weighted by molar-refractivity contribution is -0.772. The van der Waals surface area contributed by atoms with Gasteiger partial charge in [0.25, 0.3) is 5.03 Å². The Hall–Kier alpha value is -2.42. The van der Waals surface area contributed by atoms with E-state index in [4.69, 9.17) is 9.47 Å². The molecular weight excluding hydrogens is 322 g/mol. The Balaban J connectivity index is 2.12. The third kappa shape index (κ3) is 3.86. The van der Waals surface area contributed by atoms with E-state index in [0.717, 1.165) is 11.8 Å². The molecule has 1 aromatic carbocycles. The predicted molar refractivity (Wildman–Crippen MR) is 80.6 cm³/mol. The van der Waals surface area contributed by atoms with Crippen LogP contribution in [0.1, 0.15) is 6.92 Å². The lowest BCUT2D eigenvalue weighted by Gasteiger charge is -2.14. The molecule has 1 amide bonds. The van der Waals surface area contributed by atoms with Crippen LogP contribution in [0, 0.1) is 0 Å². The summed E-state index contributed by atoms with van der Waals surface area (Å²) in [7, 11) is 4.62. The fraction of sp³-hybridized carbons (Fsp3) is 0.357. The minimum atomic E-state index is -0.573. The standard InChI is InChI=1S/C14H17N3O5S/c1-8(23-13-14(19)22-16-17(13)2)12(18)15-10-7-9(20-3)5-6-11(10)21-4/h5-8H,1-4H3,(H-,15,16,18,19). The van der Waals surface area contributed by atoms with Crippen molar-refractivity contribution in [1.29, 1.82) is 0 Å². The first-order valence-electron chi connectivity index (χ1n) is 6.68. The fourth-order valence-electron chi connectivity index (χ4n) is 1.80. The first-order chi connectivity index (χ1) is 11.0. The average Bonchev–Trinajstić information content (AvgIpc) is 2.86. The quantitative estimate of drug-likeness (QED) is 0.611. The second-order valence-electron chi connectivity index (χ2n) is 4.60. The van der Waals surface area contributed by atoms with Gasteiger partial charge in [0.05, 0.1) is 30.4 Å². The SMILES string of the molecule is COc1ccc(OC)c(NC(=O)C(C)Sc2c([O-])on[n+]2C)c1. The van der Waals surface area contributed by atoms with E-state index in [-0.39, 0.29) is 10.9 Å². The number of nitrogens with one attached hydrogen (secondary N) is 1. The number of hydrogen-bond donors (Lipinski definition) is 1. The second-order valence-corrected chi connectivity index (χ2v) is 5.93. The Labute approximate surface area is 137 Å². The van der Waals surface area contributed by atoms with Gasteiger partial charge in [-0.05, 0) is 30.8 Å². The monoisotopic (exact) mass is 339 g/mol. The van der Waals surface area contributed by atoms with Crippen molar-refractivity contribution in [1.82, 2.24) is 5.27 Å². The first-order valence-corrected chi connectivity index (χ1v) is 7.56. The van der Waals surface area contributed by atoms with Crippen molar-refractivity contribution in [2.75, 3.05) is 19.5 Å². The molecule has 124 valence electrons. The number of methoxy groups -OCH3 is 2. The van der Waals surface area contributed by atoms with E-state index in [1.165, 1.54) is 18.9 Å². The Morgan fingerprint density at radius 1 is 1.43 bits per heavy atom. The second kappa shape index (κ2) is 7.23. The van der Waals surface area contributed by atoms with Crippen LogP contribution in [0.4, 0.5) is 5.69 Å². The number of anilines is 1. The minimum absolute atomic E-state index is 0.255. The molecule has 1 N–H and O–H groups in total. The third-order valence-corrected chi connectivity index (χ3v) is 4.26. The van der Waals surface area contributed by atoms with Gasteiger partial charge < -0.3 is 24.4 Å². The van der Waals surface area contributed by atoms with E-state index in [9.17, 15) is 9.90 Å². The van der Waals surface area contributed by atoms with Gasteiger partial charge >= 0.3 is 0 Å². The molecule has 2 rings (SSSR count). The molecule has 1 aromatic heterocycles. The van der Waals surface area contributed by atoms with Crippen LogP contribution in [0.15, 0.2) is 27.7 Å². The Morgan fingerprint density at radius 2 is 2.17 bits per heavy atom. The molecule has 1 unspecified atom stereocenters. The molecular formula is C14H17N3O5S. The number of nitrogens with zero attached hydrogens (tertiary/aromatic N) is 2. The molecule has 0 bridgehead atoms. The van der Waals surface area contributed by atoms with Crippen molar-refractivity contribution >= 4 is 23.4 Å². The molecule has 1 atom stereocenters. The summed E-state index contributed by atoms with van der Waals surface area (Å²) >= 11 is 1.06. The summed E-state index contributed by atoms with van der Waals surface area (Å²) in [5.41, 5.74) is 0.487. The van der Waals surface area contributed by atoms with Crippen molar-refractivity contribution in [2.24, 2.45) is 7.05 Å². The smallest absolute Gasteiger partial charge is 0.291 e. The minimum Gasteiger partial charge on any atom is -0.538 e. The summed E-state index contributed by atoms with van der Waals surface area (Å²) in [4.78, 5) is 12.3. The van der Waals surface area contributed by atoms with Crippen LogP contribution in [0.2, 0.25) is 0 Å². The van der Waals surface area contributed by atoms with Gasteiger partial charge in [-0.2, -0.15) is 0 Å². The van der Waals surface area contributed by atoms with Gasteiger partial charge in [-0.25, -0.2) is 0 Å². The number of rotatable bonds is 6. The highest BCUT2D eigenvalue weighted by Gasteiger charge is 2.23. The number of ether oxygens (including phenoxy) is 2. The number of aromatic nitrogens is 2. The fourth-order valence-corrected chi connectivity index (χ4v) is 2.62. The molecule has 0 aliphatic heterocycles. The number of benzene rings is 1. The topological polar surface area (TPSA) is 101 Å². The summed E-state index contributed by atoms with van der Waals surface area (Å²) in [6.07, 6.45) is 0. The van der Waals surface area contributed by atoms with E-state index < -0.39 is 11.2 Å². The van der Waals surface area contributed by atoms with Crippen molar-refractivity contribution < 1.29 is 28.6 Å². The maximum Gasteiger partial charge on any atom is 0.291 e. The lowest BCUT2D eigenvalue weighted by atomic mass is 10.2. The molecule has 2 aromatic rings. The zero-order valence-electron chi connectivity index (χ0n) is 13.2. The number of thioether (sulfide) groups is 1. The molecule has 0 aliphatic carbocycles. The maximum absolute atomic E-state index is 12.3. The summed E-state index contributed by atoms with van der Waals surface area (Å²) in [6.45, 7) is 1.68. The van der Waals surface area contributed by atoms with Crippen molar-refractivity contribution in [3.63, 3.8) is 0 Å². The van der Waals surface area contributed by atoms with Gasteiger partial charge in [0, 0.05) is 6.07 Å². The van der Waals surface area contributed by atoms with Gasteiger partial charge in [0.2, 0.25) is 5.91 Å². The van der Waals surface area contributed by atoms with E-state index in [1.54, 1.807) is 32.2 Å². The van der Waals surface area contributed by atoms with E-state index in [2.05, 4.69) is 15.1 Å². The van der Waals surface area contributed by atoms with Crippen LogP contribution in [-0.2, 0) is 11.8 Å². The highest BCUT2D eigenvalue weighted by molar-refractivity contribution is 8.00. The molecule has 0 saturated carbocycles. The molecule has 8 nitrogen and oxygen atoms in total. The average molecular weight is 339 g/mol. The number of aryl methyl sites for hydroxylation is 1. The zero-order valence-corrected chi connectivity index (χ0v) is 14.0. The number of amides is 1. The van der Waals surface area contributed by atoms with E-state index in [0.29, 0.717) is 17.2 Å². The van der Waals surface area contributed by atoms with Gasteiger partial charge in [-0.15, -0.1) is 0 Å². The van der Waals surface area contributed by atoms with Crippen LogP contribution in [0.5, 0.6) is 17.4 Å². The Bertz CT molecular complexity index is 684. The summed E-state index contributed by atoms with van der Waals surface area (Å²) < 4.78 is 16.2. The normalized spacial score (nSPS) is 11.8. The molecule has 0 radical (unpaired) electrons. The third-order valence-electron chi connectivity index (χ3n) is 3.04. The van der Waals surface area contributed by atoms with Crippen LogP contribution < -0.4 is 24.6 Å². The zero-order chi connectivity index (χ0) is 17.0. The molecule has 0 fully saturated rings. The summed E-state index contributed by atoms with van der Waals surface area (Å²) in [5.74, 6) is 0.239. The first kappa shape index (κ1) is 16.9. The predicted octanol–water partition coefficient (Wildman–Crippen LogP) is 0.709. The van der Waals surface area contributed by atoms with E-state index >= 15 is 0 Å². The number of hydrogen-bond acceptors (Lipinski definition) is 7.